The molecule has 5 rings (SSSR count). The number of aryl methyl sites for hydroxylation is 1. The van der Waals surface area contributed by atoms with E-state index in [4.69, 9.17) is 4.42 Å². The Kier molecular flexibility index (Phi) is 3.41. The highest BCUT2D eigenvalue weighted by molar-refractivity contribution is 6.06. The highest BCUT2D eigenvalue weighted by Gasteiger charge is 2.40. The minimum absolute atomic E-state index is 0.0922. The first-order valence-electron chi connectivity index (χ1n) is 9.03. The number of carbonyl (C=O) groups is 1. The van der Waals surface area contributed by atoms with E-state index >= 15 is 0 Å². The molecule has 2 aromatic heterocycles. The molecule has 1 aliphatic carbocycles. The van der Waals surface area contributed by atoms with Crippen LogP contribution in [-0.2, 0) is 13.0 Å². The van der Waals surface area contributed by atoms with E-state index in [1.165, 1.54) is 0 Å². The smallest absolute Gasteiger partial charge is 0.277 e. The normalized spacial score (nSPS) is 19.0. The Morgan fingerprint density at radius 2 is 2.00 bits per heavy atom. The van der Waals surface area contributed by atoms with Gasteiger partial charge >= 0.3 is 0 Å². The standard InChI is InChI=1S/C19H19N5O2/c1-2-23-15(9-10-20-23)19(25)24-14-6-4-3-5-13(14)11-16(24)18-22-21-17(26-18)12-7-8-12/h3-6,9-10,12,16H,2,7-8,11H2,1H3. The van der Waals surface area contributed by atoms with Gasteiger partial charge in [-0.05, 0) is 37.5 Å². The highest BCUT2D eigenvalue weighted by Crippen LogP contribution is 2.43. The average molecular weight is 349 g/mol. The number of para-hydroxylation sites is 1. The van der Waals surface area contributed by atoms with Crippen LogP contribution in [0, 0.1) is 0 Å². The molecule has 2 aliphatic rings. The molecule has 1 atom stereocenters. The maximum absolute atomic E-state index is 13.4. The fourth-order valence-electron chi connectivity index (χ4n) is 3.60. The molecule has 1 amide bonds. The fraction of sp³-hybridized carbons (Fsp3) is 0.368. The largest absolute Gasteiger partial charge is 0.423 e. The number of fused-ring (bicyclic) bond motifs is 1. The van der Waals surface area contributed by atoms with Crippen molar-refractivity contribution in [2.24, 2.45) is 0 Å². The second-order valence-corrected chi connectivity index (χ2v) is 6.81. The lowest BCUT2D eigenvalue weighted by Gasteiger charge is -2.23. The summed E-state index contributed by atoms with van der Waals surface area (Å²) in [6, 6.07) is 9.43. The van der Waals surface area contributed by atoms with Crippen molar-refractivity contribution in [1.82, 2.24) is 20.0 Å². The summed E-state index contributed by atoms with van der Waals surface area (Å²) in [6.45, 7) is 2.61. The number of benzene rings is 1. The number of aromatic nitrogens is 4. The number of amides is 1. The lowest BCUT2D eigenvalue weighted by molar-refractivity contribution is 0.0965. The van der Waals surface area contributed by atoms with Crippen molar-refractivity contribution in [3.63, 3.8) is 0 Å². The van der Waals surface area contributed by atoms with Crippen molar-refractivity contribution < 1.29 is 9.21 Å². The van der Waals surface area contributed by atoms with Gasteiger partial charge in [-0.25, -0.2) is 0 Å². The summed E-state index contributed by atoms with van der Waals surface area (Å²) in [6.07, 6.45) is 4.54. The Morgan fingerprint density at radius 3 is 2.81 bits per heavy atom. The van der Waals surface area contributed by atoms with Crippen LogP contribution < -0.4 is 4.90 Å². The minimum Gasteiger partial charge on any atom is -0.423 e. The highest BCUT2D eigenvalue weighted by atomic mass is 16.4. The van der Waals surface area contributed by atoms with Gasteiger partial charge in [0.1, 0.15) is 11.7 Å². The number of anilines is 1. The molecule has 0 N–H and O–H groups in total. The first kappa shape index (κ1) is 15.3. The summed E-state index contributed by atoms with van der Waals surface area (Å²) in [4.78, 5) is 15.1. The fourth-order valence-corrected chi connectivity index (χ4v) is 3.60. The lowest BCUT2D eigenvalue weighted by atomic mass is 10.1. The molecule has 1 fully saturated rings. The van der Waals surface area contributed by atoms with Crippen molar-refractivity contribution in [3.05, 3.63) is 59.6 Å². The Hall–Kier alpha value is -2.96. The SMILES string of the molecule is CCn1nccc1C(=O)N1c2ccccc2CC1c1nnc(C2CC2)o1. The van der Waals surface area contributed by atoms with Gasteiger partial charge in [0.05, 0.1) is 0 Å². The number of nitrogens with zero attached hydrogens (tertiary/aromatic N) is 5. The Balaban J connectivity index is 1.56. The molecule has 26 heavy (non-hydrogen) atoms. The van der Waals surface area contributed by atoms with Gasteiger partial charge in [0.15, 0.2) is 0 Å². The topological polar surface area (TPSA) is 77.1 Å². The van der Waals surface area contributed by atoms with Crippen LogP contribution >= 0.6 is 0 Å². The minimum atomic E-state index is -0.278. The first-order valence-corrected chi connectivity index (χ1v) is 9.03. The monoisotopic (exact) mass is 349 g/mol. The summed E-state index contributed by atoms with van der Waals surface area (Å²) in [5, 5.41) is 12.7. The van der Waals surface area contributed by atoms with Crippen LogP contribution in [0.15, 0.2) is 40.9 Å². The lowest BCUT2D eigenvalue weighted by Crippen LogP contribution is -2.34. The van der Waals surface area contributed by atoms with E-state index in [0.29, 0.717) is 36.4 Å². The number of hydrogen-bond donors (Lipinski definition) is 0. The molecule has 1 unspecified atom stereocenters. The predicted molar refractivity (Wildman–Crippen MR) is 93.9 cm³/mol. The molecule has 132 valence electrons. The number of hydrogen-bond acceptors (Lipinski definition) is 5. The van der Waals surface area contributed by atoms with Crippen LogP contribution in [0.25, 0.3) is 0 Å². The molecule has 1 saturated carbocycles. The van der Waals surface area contributed by atoms with Crippen LogP contribution in [0.1, 0.15) is 59.6 Å². The molecule has 0 radical (unpaired) electrons. The summed E-state index contributed by atoms with van der Waals surface area (Å²) in [5.74, 6) is 1.51. The van der Waals surface area contributed by atoms with Gasteiger partial charge < -0.3 is 4.42 Å². The molecule has 0 saturated heterocycles. The van der Waals surface area contributed by atoms with Crippen LogP contribution in [0.5, 0.6) is 0 Å². The molecular formula is C19H19N5O2. The maximum Gasteiger partial charge on any atom is 0.277 e. The van der Waals surface area contributed by atoms with E-state index in [0.717, 1.165) is 24.1 Å². The van der Waals surface area contributed by atoms with Crippen molar-refractivity contribution in [1.29, 1.82) is 0 Å². The molecule has 0 bridgehead atoms. The van der Waals surface area contributed by atoms with Crippen molar-refractivity contribution in [2.45, 2.75) is 44.7 Å². The molecule has 7 heteroatoms. The first-order chi connectivity index (χ1) is 12.8. The zero-order valence-electron chi connectivity index (χ0n) is 14.5. The zero-order valence-corrected chi connectivity index (χ0v) is 14.5. The molecule has 3 aromatic rings. The molecule has 1 aliphatic heterocycles. The summed E-state index contributed by atoms with van der Waals surface area (Å²) in [7, 11) is 0. The molecular weight excluding hydrogens is 330 g/mol. The van der Waals surface area contributed by atoms with Gasteiger partial charge in [0.2, 0.25) is 11.8 Å². The average Bonchev–Trinajstić information content (AvgIpc) is 3.12. The summed E-state index contributed by atoms with van der Waals surface area (Å²) < 4.78 is 7.65. The van der Waals surface area contributed by atoms with E-state index in [-0.39, 0.29) is 11.9 Å². The van der Waals surface area contributed by atoms with Crippen LogP contribution in [0.3, 0.4) is 0 Å². The second-order valence-electron chi connectivity index (χ2n) is 6.81. The van der Waals surface area contributed by atoms with Crippen LogP contribution in [0.2, 0.25) is 0 Å². The maximum atomic E-state index is 13.4. The molecule has 7 nitrogen and oxygen atoms in total. The van der Waals surface area contributed by atoms with Crippen molar-refractivity contribution in [2.75, 3.05) is 4.90 Å². The van der Waals surface area contributed by atoms with E-state index in [2.05, 4.69) is 15.3 Å². The van der Waals surface area contributed by atoms with E-state index < -0.39 is 0 Å². The van der Waals surface area contributed by atoms with Gasteiger partial charge in [-0.2, -0.15) is 5.10 Å². The van der Waals surface area contributed by atoms with Gasteiger partial charge in [0, 0.05) is 30.8 Å². The van der Waals surface area contributed by atoms with E-state index in [1.807, 2.05) is 31.2 Å². The third-order valence-corrected chi connectivity index (χ3v) is 5.10. The third-order valence-electron chi connectivity index (χ3n) is 5.10. The van der Waals surface area contributed by atoms with E-state index in [1.54, 1.807) is 21.8 Å². The van der Waals surface area contributed by atoms with Gasteiger partial charge in [0.25, 0.3) is 5.91 Å². The number of rotatable bonds is 4. The Bertz CT molecular complexity index is 972. The Labute approximate surface area is 150 Å². The summed E-state index contributed by atoms with van der Waals surface area (Å²) in [5.41, 5.74) is 2.58. The molecule has 0 spiro atoms. The van der Waals surface area contributed by atoms with Crippen LogP contribution in [-0.4, -0.2) is 25.9 Å². The van der Waals surface area contributed by atoms with E-state index in [9.17, 15) is 4.79 Å². The van der Waals surface area contributed by atoms with Gasteiger partial charge in [-0.3, -0.25) is 14.4 Å². The quantitative estimate of drug-likeness (QED) is 0.723. The van der Waals surface area contributed by atoms with Gasteiger partial charge in [-0.15, -0.1) is 10.2 Å². The van der Waals surface area contributed by atoms with Crippen molar-refractivity contribution in [3.8, 4) is 0 Å². The summed E-state index contributed by atoms with van der Waals surface area (Å²) >= 11 is 0. The van der Waals surface area contributed by atoms with Crippen molar-refractivity contribution >= 4 is 11.6 Å². The predicted octanol–water partition coefficient (Wildman–Crippen LogP) is 3.11. The zero-order chi connectivity index (χ0) is 17.7. The molecule has 3 heterocycles. The number of carbonyl (C=O) groups excluding carboxylic acids is 1. The molecule has 1 aromatic carbocycles. The van der Waals surface area contributed by atoms with Gasteiger partial charge in [-0.1, -0.05) is 18.2 Å². The Morgan fingerprint density at radius 1 is 1.19 bits per heavy atom. The third kappa shape index (κ3) is 2.34. The van der Waals surface area contributed by atoms with Crippen LogP contribution in [0.4, 0.5) is 5.69 Å². The second kappa shape index (κ2) is 5.79.